The first-order valence-electron chi connectivity index (χ1n) is 21.7. The summed E-state index contributed by atoms with van der Waals surface area (Å²) in [5, 5.41) is 2.51. The zero-order chi connectivity index (χ0) is 42.1. The van der Waals surface area contributed by atoms with Crippen LogP contribution in [0.2, 0.25) is 0 Å². The molecule has 0 fully saturated rings. The minimum Gasteiger partial charge on any atom is -0.310 e. The number of fused-ring (bicyclic) bond motifs is 6. The highest BCUT2D eigenvalue weighted by Gasteiger charge is 2.46. The fourth-order valence-electron chi connectivity index (χ4n) is 8.89. The predicted molar refractivity (Wildman–Crippen MR) is 242 cm³/mol. The SMILES string of the molecule is [2H]c1c([2H])c([2H])c(-c2ccc(N(c3ccc(-c4ccccc4)cc3)c3ccc4c(c3)C(c3ccccc3)(c3ccc5sc6ccccc6c5c3)c3ccccc3-4)cc2)c([2H])c1[2H]. The normalized spacial score (nSPS) is 15.6. The molecule has 0 bridgehead atoms. The molecule has 0 aliphatic heterocycles. The molecule has 1 unspecified atom stereocenters. The van der Waals surface area contributed by atoms with E-state index in [0.29, 0.717) is 5.56 Å². The Hall–Kier alpha value is -7.00. The van der Waals surface area contributed by atoms with E-state index in [-0.39, 0.29) is 29.7 Å². The summed E-state index contributed by atoms with van der Waals surface area (Å²) in [5.74, 6) is 0. The van der Waals surface area contributed by atoms with Gasteiger partial charge in [0.1, 0.15) is 0 Å². The van der Waals surface area contributed by atoms with Gasteiger partial charge in [0.15, 0.2) is 0 Å². The topological polar surface area (TPSA) is 3.24 Å². The third kappa shape index (κ3) is 5.44. The van der Waals surface area contributed by atoms with Crippen molar-refractivity contribution in [3.63, 3.8) is 0 Å². The molecule has 0 spiro atoms. The first kappa shape index (κ1) is 28.4. The fraction of sp³-hybridized carbons (Fsp3) is 0.0182. The van der Waals surface area contributed by atoms with Crippen molar-refractivity contribution in [2.75, 3.05) is 4.90 Å². The van der Waals surface area contributed by atoms with E-state index in [1.165, 1.54) is 53.6 Å². The van der Waals surface area contributed by atoms with E-state index in [9.17, 15) is 0 Å². The molecule has 0 N–H and O–H groups in total. The average Bonchev–Trinajstić information content (AvgIpc) is 3.85. The maximum atomic E-state index is 8.67. The van der Waals surface area contributed by atoms with E-state index in [1.807, 2.05) is 53.8 Å². The van der Waals surface area contributed by atoms with Crippen molar-refractivity contribution < 1.29 is 6.85 Å². The number of hydrogen-bond donors (Lipinski definition) is 0. The van der Waals surface area contributed by atoms with Gasteiger partial charge in [-0.25, -0.2) is 0 Å². The van der Waals surface area contributed by atoms with E-state index in [2.05, 4.69) is 157 Å². The van der Waals surface area contributed by atoms with Crippen LogP contribution in [-0.2, 0) is 5.41 Å². The van der Waals surface area contributed by atoms with Crippen molar-refractivity contribution in [2.45, 2.75) is 5.41 Å². The quantitative estimate of drug-likeness (QED) is 0.157. The van der Waals surface area contributed by atoms with Gasteiger partial charge in [-0.3, -0.25) is 0 Å². The molecule has 0 amide bonds. The zero-order valence-corrected chi connectivity index (χ0v) is 31.6. The Morgan fingerprint density at radius 1 is 0.386 bits per heavy atom. The molecule has 1 aromatic heterocycles. The highest BCUT2D eigenvalue weighted by molar-refractivity contribution is 7.25. The zero-order valence-electron chi connectivity index (χ0n) is 35.8. The number of benzene rings is 9. The summed E-state index contributed by atoms with van der Waals surface area (Å²) in [6, 6.07) is 67.2. The Kier molecular flexibility index (Phi) is 6.80. The summed E-state index contributed by atoms with van der Waals surface area (Å²) >= 11 is 1.83. The van der Waals surface area contributed by atoms with Crippen molar-refractivity contribution >= 4 is 48.6 Å². The van der Waals surface area contributed by atoms with Gasteiger partial charge in [0.2, 0.25) is 0 Å². The molecular formula is C55H37NS. The Bertz CT molecular complexity index is 3320. The molecule has 1 atom stereocenters. The van der Waals surface area contributed by atoms with Crippen molar-refractivity contribution in [3.05, 3.63) is 247 Å². The van der Waals surface area contributed by atoms with E-state index in [4.69, 9.17) is 6.85 Å². The molecule has 1 nitrogen and oxygen atoms in total. The van der Waals surface area contributed by atoms with Gasteiger partial charge < -0.3 is 4.90 Å². The summed E-state index contributed by atoms with van der Waals surface area (Å²) in [6.45, 7) is 0. The first-order chi connectivity index (χ1) is 30.3. The van der Waals surface area contributed by atoms with Crippen LogP contribution in [0.15, 0.2) is 224 Å². The number of thiophene rings is 1. The minimum atomic E-state index is -0.645. The third-order valence-electron chi connectivity index (χ3n) is 11.4. The highest BCUT2D eigenvalue weighted by atomic mass is 32.1. The molecule has 0 saturated carbocycles. The third-order valence-corrected chi connectivity index (χ3v) is 12.6. The fourth-order valence-corrected chi connectivity index (χ4v) is 9.98. The van der Waals surface area contributed by atoms with Crippen molar-refractivity contribution in [3.8, 4) is 33.4 Å². The summed E-state index contributed by atoms with van der Waals surface area (Å²) in [5.41, 5.74) is 12.3. The molecule has 0 radical (unpaired) electrons. The largest absolute Gasteiger partial charge is 0.310 e. The van der Waals surface area contributed by atoms with Crippen LogP contribution >= 0.6 is 11.3 Å². The van der Waals surface area contributed by atoms with Gasteiger partial charge in [-0.2, -0.15) is 0 Å². The molecule has 57 heavy (non-hydrogen) atoms. The molecule has 1 heterocycles. The maximum absolute atomic E-state index is 8.67. The molecule has 2 heteroatoms. The van der Waals surface area contributed by atoms with Gasteiger partial charge in [-0.05, 0) is 110 Å². The summed E-state index contributed by atoms with van der Waals surface area (Å²) < 4.78 is 44.6. The lowest BCUT2D eigenvalue weighted by Gasteiger charge is -2.35. The average molecular weight is 749 g/mol. The van der Waals surface area contributed by atoms with Gasteiger partial charge in [0.25, 0.3) is 0 Å². The second-order valence-corrected chi connectivity index (χ2v) is 15.6. The lowest BCUT2D eigenvalue weighted by Crippen LogP contribution is -2.28. The maximum Gasteiger partial charge on any atom is 0.0714 e. The number of rotatable bonds is 7. The number of anilines is 3. The van der Waals surface area contributed by atoms with Crippen LogP contribution in [0, 0.1) is 0 Å². The summed E-state index contributed by atoms with van der Waals surface area (Å²) in [6.07, 6.45) is 0. The van der Waals surface area contributed by atoms with E-state index < -0.39 is 11.5 Å². The van der Waals surface area contributed by atoms with Crippen LogP contribution < -0.4 is 4.90 Å². The van der Waals surface area contributed by atoms with Crippen molar-refractivity contribution in [2.24, 2.45) is 0 Å². The van der Waals surface area contributed by atoms with Crippen LogP contribution in [0.4, 0.5) is 17.1 Å². The lowest BCUT2D eigenvalue weighted by atomic mass is 9.67. The highest BCUT2D eigenvalue weighted by Crippen LogP contribution is 2.58. The number of nitrogens with zero attached hydrogens (tertiary/aromatic N) is 1. The van der Waals surface area contributed by atoms with Crippen LogP contribution in [0.3, 0.4) is 0 Å². The lowest BCUT2D eigenvalue weighted by molar-refractivity contribution is 0.770. The standard InChI is InChI=1S/C55H37NS/c1-4-14-38(15-5-1)40-24-29-44(30-25-40)56(45-31-26-41(27-32-45)39-16-6-2-7-17-39)46-33-34-48-47-20-10-12-22-51(47)55(52(48)37-46,42-18-8-3-9-19-42)43-28-35-54-50(36-43)49-21-11-13-23-53(49)57-54/h1-37H/i1D,4D,5D,14D,15D. The molecule has 1 aliphatic carbocycles. The second kappa shape index (κ2) is 13.6. The molecular weight excluding hydrogens is 707 g/mol. The van der Waals surface area contributed by atoms with E-state index >= 15 is 0 Å². The first-order valence-corrected chi connectivity index (χ1v) is 20.0. The van der Waals surface area contributed by atoms with Gasteiger partial charge in [0.05, 0.1) is 12.3 Å². The van der Waals surface area contributed by atoms with Crippen LogP contribution in [0.25, 0.3) is 53.6 Å². The molecule has 9 aromatic carbocycles. The van der Waals surface area contributed by atoms with Gasteiger partial charge >= 0.3 is 0 Å². The van der Waals surface area contributed by atoms with Gasteiger partial charge in [-0.1, -0.05) is 170 Å². The molecule has 0 saturated heterocycles. The molecule has 1 aliphatic rings. The second-order valence-electron chi connectivity index (χ2n) is 14.5. The van der Waals surface area contributed by atoms with E-state index in [0.717, 1.165) is 28.2 Å². The summed E-state index contributed by atoms with van der Waals surface area (Å²) in [4.78, 5) is 2.25. The van der Waals surface area contributed by atoms with E-state index in [1.54, 1.807) is 0 Å². The molecule has 11 rings (SSSR count). The van der Waals surface area contributed by atoms with Gasteiger partial charge in [0, 0.05) is 37.2 Å². The summed E-state index contributed by atoms with van der Waals surface area (Å²) in [7, 11) is 0. The number of hydrogen-bond acceptors (Lipinski definition) is 2. The Balaban J connectivity index is 1.14. The van der Waals surface area contributed by atoms with Crippen LogP contribution in [-0.4, -0.2) is 0 Å². The smallest absolute Gasteiger partial charge is 0.0714 e. The monoisotopic (exact) mass is 748 g/mol. The Morgan fingerprint density at radius 2 is 0.965 bits per heavy atom. The predicted octanol–water partition coefficient (Wildman–Crippen LogP) is 15.2. The van der Waals surface area contributed by atoms with Gasteiger partial charge in [-0.15, -0.1) is 11.3 Å². The van der Waals surface area contributed by atoms with Crippen LogP contribution in [0.1, 0.15) is 29.1 Å². The minimum absolute atomic E-state index is 0.180. The molecule has 10 aromatic rings. The van der Waals surface area contributed by atoms with Crippen molar-refractivity contribution in [1.82, 2.24) is 0 Å². The Labute approximate surface area is 344 Å². The Morgan fingerprint density at radius 3 is 1.72 bits per heavy atom. The van der Waals surface area contributed by atoms with Crippen molar-refractivity contribution in [1.29, 1.82) is 0 Å². The molecule has 268 valence electrons. The van der Waals surface area contributed by atoms with Crippen LogP contribution in [0.5, 0.6) is 0 Å².